The number of pyridine rings is 1. The molecule has 138 valence electrons. The van der Waals surface area contributed by atoms with Crippen LogP contribution in [0.25, 0.3) is 0 Å². The molecular weight excluding hydrogens is 344 g/mol. The van der Waals surface area contributed by atoms with Crippen molar-refractivity contribution in [1.29, 1.82) is 0 Å². The summed E-state index contributed by atoms with van der Waals surface area (Å²) in [6.45, 7) is 0.504. The van der Waals surface area contributed by atoms with Crippen molar-refractivity contribution in [3.63, 3.8) is 0 Å². The number of nitrogens with one attached hydrogen (secondary N) is 1. The first-order valence-electron chi connectivity index (χ1n) is 8.36. The number of hydrogen-bond donors (Lipinski definition) is 1. The summed E-state index contributed by atoms with van der Waals surface area (Å²) in [6, 6.07) is 17.8. The minimum atomic E-state index is -0.244. The van der Waals surface area contributed by atoms with E-state index < -0.39 is 0 Å². The topological polar surface area (TPSA) is 69.7 Å². The van der Waals surface area contributed by atoms with E-state index in [4.69, 9.17) is 14.2 Å². The predicted molar refractivity (Wildman–Crippen MR) is 102 cm³/mol. The van der Waals surface area contributed by atoms with Crippen LogP contribution in [0, 0.1) is 0 Å². The maximum Gasteiger partial charge on any atom is 0.255 e. The molecule has 0 spiro atoms. The SMILES string of the molecule is COCc1ccc(C(=O)Nc2cccnc2Oc2ccc(OC)cc2)cc1. The van der Waals surface area contributed by atoms with Crippen molar-refractivity contribution in [2.24, 2.45) is 0 Å². The Labute approximate surface area is 157 Å². The molecule has 0 aliphatic carbocycles. The van der Waals surface area contributed by atoms with Gasteiger partial charge in [0.05, 0.1) is 13.7 Å². The van der Waals surface area contributed by atoms with Crippen LogP contribution in [0.15, 0.2) is 66.9 Å². The number of carbonyl (C=O) groups excluding carboxylic acids is 1. The lowest BCUT2D eigenvalue weighted by Gasteiger charge is -2.11. The third kappa shape index (κ3) is 4.83. The van der Waals surface area contributed by atoms with E-state index in [1.54, 1.807) is 68.9 Å². The Morgan fingerprint density at radius 1 is 0.963 bits per heavy atom. The Morgan fingerprint density at radius 3 is 2.33 bits per heavy atom. The quantitative estimate of drug-likeness (QED) is 0.678. The van der Waals surface area contributed by atoms with Crippen molar-refractivity contribution < 1.29 is 19.0 Å². The van der Waals surface area contributed by atoms with Gasteiger partial charge in [0.25, 0.3) is 5.91 Å². The van der Waals surface area contributed by atoms with Crippen LogP contribution < -0.4 is 14.8 Å². The first-order chi connectivity index (χ1) is 13.2. The van der Waals surface area contributed by atoms with Crippen molar-refractivity contribution in [2.75, 3.05) is 19.5 Å². The van der Waals surface area contributed by atoms with Gasteiger partial charge in [0.2, 0.25) is 5.88 Å². The van der Waals surface area contributed by atoms with Crippen LogP contribution in [-0.4, -0.2) is 25.1 Å². The number of amides is 1. The molecule has 0 unspecified atom stereocenters. The number of benzene rings is 2. The molecule has 3 rings (SSSR count). The Morgan fingerprint density at radius 2 is 1.67 bits per heavy atom. The molecule has 1 heterocycles. The monoisotopic (exact) mass is 364 g/mol. The fourth-order valence-corrected chi connectivity index (χ4v) is 2.44. The summed E-state index contributed by atoms with van der Waals surface area (Å²) in [5.74, 6) is 1.39. The number of rotatable bonds is 7. The van der Waals surface area contributed by atoms with E-state index in [1.807, 2.05) is 12.1 Å². The molecule has 0 saturated carbocycles. The summed E-state index contributed by atoms with van der Waals surface area (Å²) in [7, 11) is 3.23. The molecule has 6 heteroatoms. The molecule has 3 aromatic rings. The molecule has 0 atom stereocenters. The smallest absolute Gasteiger partial charge is 0.255 e. The highest BCUT2D eigenvalue weighted by Gasteiger charge is 2.12. The number of anilines is 1. The second-order valence-corrected chi connectivity index (χ2v) is 5.72. The van der Waals surface area contributed by atoms with Crippen molar-refractivity contribution >= 4 is 11.6 Å². The van der Waals surface area contributed by atoms with E-state index in [0.717, 1.165) is 11.3 Å². The molecule has 6 nitrogen and oxygen atoms in total. The summed E-state index contributed by atoms with van der Waals surface area (Å²) in [4.78, 5) is 16.7. The number of ether oxygens (including phenoxy) is 3. The summed E-state index contributed by atoms with van der Waals surface area (Å²) >= 11 is 0. The molecule has 0 radical (unpaired) electrons. The highest BCUT2D eigenvalue weighted by atomic mass is 16.5. The minimum absolute atomic E-state index is 0.244. The molecule has 0 aliphatic heterocycles. The second kappa shape index (κ2) is 8.82. The number of aromatic nitrogens is 1. The third-order valence-electron chi connectivity index (χ3n) is 3.82. The van der Waals surface area contributed by atoms with Gasteiger partial charge in [0, 0.05) is 18.9 Å². The molecule has 1 N–H and O–H groups in total. The van der Waals surface area contributed by atoms with Gasteiger partial charge >= 0.3 is 0 Å². The molecule has 2 aromatic carbocycles. The number of nitrogens with zero attached hydrogens (tertiary/aromatic N) is 1. The van der Waals surface area contributed by atoms with Crippen LogP contribution in [0.4, 0.5) is 5.69 Å². The zero-order valence-electron chi connectivity index (χ0n) is 15.1. The summed E-state index contributed by atoms with van der Waals surface area (Å²) in [5.41, 5.74) is 2.02. The summed E-state index contributed by atoms with van der Waals surface area (Å²) in [5, 5.41) is 2.84. The molecule has 0 saturated heterocycles. The first-order valence-corrected chi connectivity index (χ1v) is 8.36. The van der Waals surface area contributed by atoms with Gasteiger partial charge in [-0.15, -0.1) is 0 Å². The standard InChI is InChI=1S/C21H20N2O4/c1-25-14-15-5-7-16(8-6-15)20(24)23-19-4-3-13-22-21(19)27-18-11-9-17(26-2)10-12-18/h3-13H,14H2,1-2H3,(H,23,24). The molecule has 0 bridgehead atoms. The largest absolute Gasteiger partial charge is 0.497 e. The zero-order chi connectivity index (χ0) is 19.1. The lowest BCUT2D eigenvalue weighted by atomic mass is 10.1. The van der Waals surface area contributed by atoms with Gasteiger partial charge < -0.3 is 19.5 Å². The van der Waals surface area contributed by atoms with Crippen LogP contribution in [0.5, 0.6) is 17.4 Å². The van der Waals surface area contributed by atoms with E-state index >= 15 is 0 Å². The fourth-order valence-electron chi connectivity index (χ4n) is 2.44. The zero-order valence-corrected chi connectivity index (χ0v) is 15.1. The Bertz CT molecular complexity index is 893. The van der Waals surface area contributed by atoms with Gasteiger partial charge in [-0.25, -0.2) is 4.98 Å². The van der Waals surface area contributed by atoms with E-state index in [0.29, 0.717) is 29.5 Å². The molecule has 1 amide bonds. The van der Waals surface area contributed by atoms with Gasteiger partial charge in [-0.1, -0.05) is 12.1 Å². The van der Waals surface area contributed by atoms with Crippen molar-refractivity contribution in [1.82, 2.24) is 4.98 Å². The number of carbonyl (C=O) groups is 1. The van der Waals surface area contributed by atoms with E-state index in [-0.39, 0.29) is 5.91 Å². The normalized spacial score (nSPS) is 10.3. The van der Waals surface area contributed by atoms with Crippen LogP contribution in [0.2, 0.25) is 0 Å². The lowest BCUT2D eigenvalue weighted by Crippen LogP contribution is -2.13. The Kier molecular flexibility index (Phi) is 6.02. The third-order valence-corrected chi connectivity index (χ3v) is 3.82. The maximum atomic E-state index is 12.5. The van der Waals surface area contributed by atoms with Gasteiger partial charge in [-0.3, -0.25) is 4.79 Å². The molecule has 0 aliphatic rings. The highest BCUT2D eigenvalue weighted by molar-refractivity contribution is 6.04. The first kappa shape index (κ1) is 18.4. The fraction of sp³-hybridized carbons (Fsp3) is 0.143. The summed E-state index contributed by atoms with van der Waals surface area (Å²) in [6.07, 6.45) is 1.61. The maximum absolute atomic E-state index is 12.5. The average molecular weight is 364 g/mol. The number of methoxy groups -OCH3 is 2. The number of hydrogen-bond acceptors (Lipinski definition) is 5. The van der Waals surface area contributed by atoms with Gasteiger partial charge in [0.1, 0.15) is 17.2 Å². The van der Waals surface area contributed by atoms with Gasteiger partial charge in [0.15, 0.2) is 0 Å². The molecule has 1 aromatic heterocycles. The Balaban J connectivity index is 1.73. The van der Waals surface area contributed by atoms with Crippen molar-refractivity contribution in [3.8, 4) is 17.4 Å². The van der Waals surface area contributed by atoms with Gasteiger partial charge in [-0.2, -0.15) is 0 Å². The second-order valence-electron chi connectivity index (χ2n) is 5.72. The van der Waals surface area contributed by atoms with E-state index in [2.05, 4.69) is 10.3 Å². The highest BCUT2D eigenvalue weighted by Crippen LogP contribution is 2.28. The van der Waals surface area contributed by atoms with Crippen LogP contribution in [0.1, 0.15) is 15.9 Å². The van der Waals surface area contributed by atoms with Gasteiger partial charge in [-0.05, 0) is 54.1 Å². The van der Waals surface area contributed by atoms with Crippen molar-refractivity contribution in [2.45, 2.75) is 6.61 Å². The van der Waals surface area contributed by atoms with E-state index in [9.17, 15) is 4.79 Å². The van der Waals surface area contributed by atoms with Crippen molar-refractivity contribution in [3.05, 3.63) is 78.0 Å². The predicted octanol–water partition coefficient (Wildman–Crippen LogP) is 4.28. The van der Waals surface area contributed by atoms with Crippen LogP contribution >= 0.6 is 0 Å². The molecule has 27 heavy (non-hydrogen) atoms. The Hall–Kier alpha value is -3.38. The van der Waals surface area contributed by atoms with E-state index in [1.165, 1.54) is 0 Å². The molecule has 0 fully saturated rings. The average Bonchev–Trinajstić information content (AvgIpc) is 2.71. The van der Waals surface area contributed by atoms with Crippen LogP contribution in [-0.2, 0) is 11.3 Å². The molecular formula is C21H20N2O4. The summed E-state index contributed by atoms with van der Waals surface area (Å²) < 4.78 is 16.0. The lowest BCUT2D eigenvalue weighted by molar-refractivity contribution is 0.102. The minimum Gasteiger partial charge on any atom is -0.497 e. The van der Waals surface area contributed by atoms with Crippen LogP contribution in [0.3, 0.4) is 0 Å².